The number of hydrogen-bond donors (Lipinski definition) is 0. The van der Waals surface area contributed by atoms with Gasteiger partial charge in [0.15, 0.2) is 0 Å². The summed E-state index contributed by atoms with van der Waals surface area (Å²) in [5.74, 6) is -0.291. The molecule has 3 nitrogen and oxygen atoms in total. The van der Waals surface area contributed by atoms with E-state index in [1.165, 1.54) is 43.9 Å². The number of carbonyl (C=O) groups excluding carboxylic acids is 1. The smallest absolute Gasteiger partial charge is 0.330 e. The third-order valence-electron chi connectivity index (χ3n) is 3.87. The summed E-state index contributed by atoms with van der Waals surface area (Å²) >= 11 is 3.52. The summed E-state index contributed by atoms with van der Waals surface area (Å²) in [6, 6.07) is 6.26. The zero-order valence-corrected chi connectivity index (χ0v) is 14.8. The lowest BCUT2D eigenvalue weighted by molar-refractivity contribution is -0.137. The van der Waals surface area contributed by atoms with Crippen LogP contribution in [-0.4, -0.2) is 25.7 Å². The third kappa shape index (κ3) is 5.16. The maximum atomic E-state index is 11.6. The number of carbonyl (C=O) groups is 1. The van der Waals surface area contributed by atoms with Gasteiger partial charge in [-0.05, 0) is 49.6 Å². The zero-order valence-electron chi connectivity index (χ0n) is 13.2. The van der Waals surface area contributed by atoms with Crippen LogP contribution in [-0.2, 0) is 9.53 Å². The summed E-state index contributed by atoms with van der Waals surface area (Å²) in [5.41, 5.74) is 2.26. The number of ether oxygens (including phenoxy) is 1. The van der Waals surface area contributed by atoms with Gasteiger partial charge >= 0.3 is 5.97 Å². The molecular weight excluding hydrogens is 342 g/mol. The number of rotatable bonds is 4. The molecule has 1 heterocycles. The molecule has 22 heavy (non-hydrogen) atoms. The highest BCUT2D eigenvalue weighted by atomic mass is 79.9. The third-order valence-corrected chi connectivity index (χ3v) is 4.37. The lowest BCUT2D eigenvalue weighted by atomic mass is 10.1. The van der Waals surface area contributed by atoms with Gasteiger partial charge in [-0.1, -0.05) is 35.2 Å². The highest BCUT2D eigenvalue weighted by Crippen LogP contribution is 2.27. The molecular formula is C18H24BrNO2. The summed E-state index contributed by atoms with van der Waals surface area (Å²) in [4.78, 5) is 14.0. The second kappa shape index (κ2) is 8.99. The van der Waals surface area contributed by atoms with Crippen molar-refractivity contribution in [3.8, 4) is 0 Å². The number of halogens is 1. The van der Waals surface area contributed by atoms with E-state index in [-0.39, 0.29) is 5.97 Å². The molecule has 0 N–H and O–H groups in total. The maximum absolute atomic E-state index is 11.6. The largest absolute Gasteiger partial charge is 0.463 e. The van der Waals surface area contributed by atoms with Gasteiger partial charge in [0, 0.05) is 29.3 Å². The molecule has 0 spiro atoms. The van der Waals surface area contributed by atoms with E-state index < -0.39 is 0 Å². The van der Waals surface area contributed by atoms with Crippen LogP contribution in [0, 0.1) is 0 Å². The molecule has 2 rings (SSSR count). The summed E-state index contributed by atoms with van der Waals surface area (Å²) in [7, 11) is 0. The van der Waals surface area contributed by atoms with Crippen molar-refractivity contribution in [3.05, 3.63) is 34.3 Å². The fourth-order valence-electron chi connectivity index (χ4n) is 2.78. The number of hydrogen-bond acceptors (Lipinski definition) is 3. The molecule has 1 aliphatic rings. The minimum Gasteiger partial charge on any atom is -0.463 e. The Balaban J connectivity index is 2.20. The minimum absolute atomic E-state index is 0.291. The highest BCUT2D eigenvalue weighted by molar-refractivity contribution is 9.10. The van der Waals surface area contributed by atoms with Gasteiger partial charge in [-0.3, -0.25) is 0 Å². The van der Waals surface area contributed by atoms with E-state index in [4.69, 9.17) is 4.74 Å². The number of esters is 1. The molecule has 0 atom stereocenters. The summed E-state index contributed by atoms with van der Waals surface area (Å²) in [6.07, 6.45) is 9.80. The predicted molar refractivity (Wildman–Crippen MR) is 95.1 cm³/mol. The van der Waals surface area contributed by atoms with Crippen LogP contribution in [0.4, 0.5) is 5.69 Å². The number of nitrogens with zero attached hydrogens (tertiary/aromatic N) is 1. The van der Waals surface area contributed by atoms with E-state index in [2.05, 4.69) is 39.0 Å². The summed E-state index contributed by atoms with van der Waals surface area (Å²) < 4.78 is 5.98. The first-order valence-corrected chi connectivity index (χ1v) is 8.89. The standard InChI is InChI=1S/C18H24BrNO2/c1-2-22-18(21)11-8-15-14-16(19)9-10-17(15)20-12-6-4-3-5-7-13-20/h8-11,14H,2-7,12-13H2,1H3/b11-8+. The molecule has 1 fully saturated rings. The Kier molecular flexibility index (Phi) is 6.97. The molecule has 4 heteroatoms. The minimum atomic E-state index is -0.291. The van der Waals surface area contributed by atoms with Gasteiger partial charge < -0.3 is 9.64 Å². The van der Waals surface area contributed by atoms with Gasteiger partial charge in [-0.25, -0.2) is 4.79 Å². The van der Waals surface area contributed by atoms with E-state index in [1.54, 1.807) is 0 Å². The first-order valence-electron chi connectivity index (χ1n) is 8.10. The van der Waals surface area contributed by atoms with Crippen LogP contribution >= 0.6 is 15.9 Å². The molecule has 0 saturated carbocycles. The van der Waals surface area contributed by atoms with Gasteiger partial charge in [0.05, 0.1) is 6.61 Å². The van der Waals surface area contributed by atoms with Crippen molar-refractivity contribution in [3.63, 3.8) is 0 Å². The first kappa shape index (κ1) is 17.1. The zero-order chi connectivity index (χ0) is 15.8. The highest BCUT2D eigenvalue weighted by Gasteiger charge is 2.12. The van der Waals surface area contributed by atoms with Crippen molar-refractivity contribution in [2.75, 3.05) is 24.6 Å². The fourth-order valence-corrected chi connectivity index (χ4v) is 3.16. The number of benzene rings is 1. The molecule has 0 radical (unpaired) electrons. The normalized spacial score (nSPS) is 16.4. The van der Waals surface area contributed by atoms with Crippen molar-refractivity contribution in [2.45, 2.75) is 39.0 Å². The maximum Gasteiger partial charge on any atom is 0.330 e. The monoisotopic (exact) mass is 365 g/mol. The Labute approximate surface area is 141 Å². The summed E-state index contributed by atoms with van der Waals surface area (Å²) in [5, 5.41) is 0. The average molecular weight is 366 g/mol. The Morgan fingerprint density at radius 1 is 1.23 bits per heavy atom. The molecule has 0 aromatic heterocycles. The number of anilines is 1. The molecule has 0 amide bonds. The lowest BCUT2D eigenvalue weighted by Crippen LogP contribution is -2.27. The molecule has 1 saturated heterocycles. The summed E-state index contributed by atoms with van der Waals surface area (Å²) in [6.45, 7) is 4.39. The molecule has 0 unspecified atom stereocenters. The second-order valence-electron chi connectivity index (χ2n) is 5.54. The van der Waals surface area contributed by atoms with Crippen LogP contribution < -0.4 is 4.90 Å². The SMILES string of the molecule is CCOC(=O)/C=C/c1cc(Br)ccc1N1CCCCCCC1. The van der Waals surface area contributed by atoms with Crippen molar-refractivity contribution < 1.29 is 9.53 Å². The molecule has 120 valence electrons. The first-order chi connectivity index (χ1) is 10.7. The second-order valence-corrected chi connectivity index (χ2v) is 6.46. The van der Waals surface area contributed by atoms with Crippen molar-refractivity contribution in [1.82, 2.24) is 0 Å². The van der Waals surface area contributed by atoms with Gasteiger partial charge in [0.25, 0.3) is 0 Å². The van der Waals surface area contributed by atoms with Crippen molar-refractivity contribution >= 4 is 33.7 Å². The van der Waals surface area contributed by atoms with Crippen molar-refractivity contribution in [1.29, 1.82) is 0 Å². The lowest BCUT2D eigenvalue weighted by Gasteiger charge is -2.28. The van der Waals surface area contributed by atoms with E-state index in [0.29, 0.717) is 6.61 Å². The van der Waals surface area contributed by atoms with E-state index in [0.717, 1.165) is 23.1 Å². The Hall–Kier alpha value is -1.29. The van der Waals surface area contributed by atoms with E-state index >= 15 is 0 Å². The average Bonchev–Trinajstić information content (AvgIpc) is 2.46. The quantitative estimate of drug-likeness (QED) is 0.567. The Morgan fingerprint density at radius 3 is 2.59 bits per heavy atom. The molecule has 1 aliphatic heterocycles. The van der Waals surface area contributed by atoms with Crippen LogP contribution in [0.25, 0.3) is 6.08 Å². The van der Waals surface area contributed by atoms with Crippen molar-refractivity contribution in [2.24, 2.45) is 0 Å². The topological polar surface area (TPSA) is 29.5 Å². The molecule has 0 aliphatic carbocycles. The molecule has 1 aromatic rings. The van der Waals surface area contributed by atoms with Crippen LogP contribution in [0.1, 0.15) is 44.6 Å². The Morgan fingerprint density at radius 2 is 1.91 bits per heavy atom. The molecule has 1 aromatic carbocycles. The van der Waals surface area contributed by atoms with Crippen LogP contribution in [0.5, 0.6) is 0 Å². The van der Waals surface area contributed by atoms with Gasteiger partial charge in [0.2, 0.25) is 0 Å². The molecule has 0 bridgehead atoms. The van der Waals surface area contributed by atoms with Gasteiger partial charge in [-0.2, -0.15) is 0 Å². The van der Waals surface area contributed by atoms with Crippen LogP contribution in [0.15, 0.2) is 28.7 Å². The predicted octanol–water partition coefficient (Wildman–Crippen LogP) is 4.80. The van der Waals surface area contributed by atoms with Crippen LogP contribution in [0.3, 0.4) is 0 Å². The van der Waals surface area contributed by atoms with Gasteiger partial charge in [-0.15, -0.1) is 0 Å². The van der Waals surface area contributed by atoms with E-state index in [1.807, 2.05) is 13.0 Å². The van der Waals surface area contributed by atoms with Gasteiger partial charge in [0.1, 0.15) is 0 Å². The van der Waals surface area contributed by atoms with E-state index in [9.17, 15) is 4.79 Å². The fraction of sp³-hybridized carbons (Fsp3) is 0.500. The Bertz CT molecular complexity index is 520. The van der Waals surface area contributed by atoms with Crippen LogP contribution in [0.2, 0.25) is 0 Å².